The SMILES string of the molecule is CCCOc1ccccc1-c1nc(OC)nc(=O)[nH]1. The molecule has 0 atom stereocenters. The van der Waals surface area contributed by atoms with E-state index in [0.717, 1.165) is 6.42 Å². The van der Waals surface area contributed by atoms with Crippen molar-refractivity contribution in [3.63, 3.8) is 0 Å². The first-order valence-electron chi connectivity index (χ1n) is 5.99. The van der Waals surface area contributed by atoms with Gasteiger partial charge in [0.1, 0.15) is 5.75 Å². The van der Waals surface area contributed by atoms with Crippen LogP contribution in [0.4, 0.5) is 0 Å². The van der Waals surface area contributed by atoms with Crippen LogP contribution in [-0.4, -0.2) is 28.7 Å². The van der Waals surface area contributed by atoms with Crippen LogP contribution in [0.25, 0.3) is 11.4 Å². The molecule has 0 unspecified atom stereocenters. The lowest BCUT2D eigenvalue weighted by Gasteiger charge is -2.10. The number of aromatic nitrogens is 3. The summed E-state index contributed by atoms with van der Waals surface area (Å²) in [6, 6.07) is 7.40. The minimum atomic E-state index is -0.507. The van der Waals surface area contributed by atoms with E-state index in [2.05, 4.69) is 15.0 Å². The van der Waals surface area contributed by atoms with Crippen molar-refractivity contribution >= 4 is 0 Å². The number of methoxy groups -OCH3 is 1. The fourth-order valence-electron chi connectivity index (χ4n) is 1.58. The van der Waals surface area contributed by atoms with Gasteiger partial charge in [0.05, 0.1) is 19.3 Å². The van der Waals surface area contributed by atoms with Crippen LogP contribution < -0.4 is 15.2 Å². The van der Waals surface area contributed by atoms with Gasteiger partial charge in [-0.3, -0.25) is 4.98 Å². The van der Waals surface area contributed by atoms with E-state index in [0.29, 0.717) is 23.7 Å². The van der Waals surface area contributed by atoms with Crippen LogP contribution in [0.15, 0.2) is 29.1 Å². The van der Waals surface area contributed by atoms with E-state index in [1.165, 1.54) is 7.11 Å². The molecule has 6 heteroatoms. The molecule has 1 aromatic heterocycles. The molecule has 6 nitrogen and oxygen atoms in total. The normalized spacial score (nSPS) is 10.2. The number of nitrogens with one attached hydrogen (secondary N) is 1. The first kappa shape index (κ1) is 13.1. The summed E-state index contributed by atoms with van der Waals surface area (Å²) in [5.41, 5.74) is 0.195. The molecule has 0 radical (unpaired) electrons. The Morgan fingerprint density at radius 3 is 2.79 bits per heavy atom. The third-order valence-electron chi connectivity index (χ3n) is 2.42. The van der Waals surface area contributed by atoms with E-state index >= 15 is 0 Å². The Morgan fingerprint density at radius 1 is 1.26 bits per heavy atom. The van der Waals surface area contributed by atoms with Crippen molar-refractivity contribution in [2.45, 2.75) is 13.3 Å². The molecule has 2 rings (SSSR count). The van der Waals surface area contributed by atoms with Crippen LogP contribution in [-0.2, 0) is 0 Å². The van der Waals surface area contributed by atoms with Gasteiger partial charge in [-0.2, -0.15) is 4.98 Å². The second kappa shape index (κ2) is 5.99. The number of nitrogens with zero attached hydrogens (tertiary/aromatic N) is 2. The third kappa shape index (κ3) is 3.09. The zero-order valence-electron chi connectivity index (χ0n) is 10.8. The molecule has 2 aromatic rings. The van der Waals surface area contributed by atoms with Crippen molar-refractivity contribution < 1.29 is 9.47 Å². The summed E-state index contributed by atoms with van der Waals surface area (Å²) in [4.78, 5) is 21.7. The zero-order chi connectivity index (χ0) is 13.7. The highest BCUT2D eigenvalue weighted by molar-refractivity contribution is 5.63. The number of H-pyrrole nitrogens is 1. The fraction of sp³-hybridized carbons (Fsp3) is 0.308. The van der Waals surface area contributed by atoms with E-state index in [-0.39, 0.29) is 6.01 Å². The summed E-state index contributed by atoms with van der Waals surface area (Å²) in [5, 5.41) is 0. The van der Waals surface area contributed by atoms with Gasteiger partial charge >= 0.3 is 11.7 Å². The van der Waals surface area contributed by atoms with Crippen molar-refractivity contribution in [3.8, 4) is 23.1 Å². The van der Waals surface area contributed by atoms with Crippen LogP contribution in [0.5, 0.6) is 11.8 Å². The molecule has 100 valence electrons. The largest absolute Gasteiger partial charge is 0.493 e. The number of benzene rings is 1. The van der Waals surface area contributed by atoms with Gasteiger partial charge in [0.15, 0.2) is 5.82 Å². The molecule has 0 bridgehead atoms. The monoisotopic (exact) mass is 261 g/mol. The van der Waals surface area contributed by atoms with Crippen LogP contribution >= 0.6 is 0 Å². The number of para-hydroxylation sites is 1. The lowest BCUT2D eigenvalue weighted by molar-refractivity contribution is 0.318. The predicted molar refractivity (Wildman–Crippen MR) is 70.4 cm³/mol. The first-order chi connectivity index (χ1) is 9.24. The Kier molecular flexibility index (Phi) is 4.12. The summed E-state index contributed by atoms with van der Waals surface area (Å²) in [7, 11) is 1.41. The molecule has 0 spiro atoms. The van der Waals surface area contributed by atoms with Gasteiger partial charge in [0, 0.05) is 0 Å². The number of rotatable bonds is 5. The van der Waals surface area contributed by atoms with Gasteiger partial charge in [-0.15, -0.1) is 4.98 Å². The average molecular weight is 261 g/mol. The fourth-order valence-corrected chi connectivity index (χ4v) is 1.58. The Hall–Kier alpha value is -2.37. The summed E-state index contributed by atoms with van der Waals surface area (Å²) in [6.45, 7) is 2.63. The maximum Gasteiger partial charge on any atom is 0.351 e. The van der Waals surface area contributed by atoms with Gasteiger partial charge < -0.3 is 9.47 Å². The lowest BCUT2D eigenvalue weighted by Crippen LogP contribution is -2.14. The van der Waals surface area contributed by atoms with Gasteiger partial charge in [0.25, 0.3) is 0 Å². The standard InChI is InChI=1S/C13H15N3O3/c1-3-8-19-10-7-5-4-6-9(10)11-14-12(17)16-13(15-11)18-2/h4-7H,3,8H2,1-2H3,(H,14,15,16,17). The molecule has 1 aromatic carbocycles. The van der Waals surface area contributed by atoms with E-state index < -0.39 is 5.69 Å². The van der Waals surface area contributed by atoms with Gasteiger partial charge in [-0.1, -0.05) is 19.1 Å². The predicted octanol–water partition coefficient (Wildman–Crippen LogP) is 1.63. The van der Waals surface area contributed by atoms with E-state index in [1.807, 2.05) is 31.2 Å². The molecule has 19 heavy (non-hydrogen) atoms. The Labute approximate surface area is 110 Å². The number of aromatic amines is 1. The first-order valence-corrected chi connectivity index (χ1v) is 5.99. The number of ether oxygens (including phenoxy) is 2. The second-order valence-corrected chi connectivity index (χ2v) is 3.83. The van der Waals surface area contributed by atoms with Gasteiger partial charge in [0.2, 0.25) is 0 Å². The van der Waals surface area contributed by atoms with Crippen molar-refractivity contribution in [2.24, 2.45) is 0 Å². The second-order valence-electron chi connectivity index (χ2n) is 3.83. The Balaban J connectivity index is 2.46. The smallest absolute Gasteiger partial charge is 0.351 e. The highest BCUT2D eigenvalue weighted by Gasteiger charge is 2.10. The molecule has 0 amide bonds. The number of hydrogen-bond donors (Lipinski definition) is 1. The molecule has 1 N–H and O–H groups in total. The quantitative estimate of drug-likeness (QED) is 0.885. The maximum atomic E-state index is 11.4. The molecule has 0 aliphatic rings. The van der Waals surface area contributed by atoms with Crippen LogP contribution in [0.2, 0.25) is 0 Å². The van der Waals surface area contributed by atoms with Crippen molar-refractivity contribution in [2.75, 3.05) is 13.7 Å². The zero-order valence-corrected chi connectivity index (χ0v) is 10.8. The van der Waals surface area contributed by atoms with Crippen molar-refractivity contribution in [3.05, 3.63) is 34.7 Å². The minimum Gasteiger partial charge on any atom is -0.493 e. The molecular weight excluding hydrogens is 246 g/mol. The summed E-state index contributed by atoms with van der Waals surface area (Å²) >= 11 is 0. The van der Waals surface area contributed by atoms with Gasteiger partial charge in [-0.25, -0.2) is 4.79 Å². The molecular formula is C13H15N3O3. The van der Waals surface area contributed by atoms with E-state index in [4.69, 9.17) is 9.47 Å². The highest BCUT2D eigenvalue weighted by atomic mass is 16.5. The summed E-state index contributed by atoms with van der Waals surface area (Å²) in [6.07, 6.45) is 0.901. The Bertz CT molecular complexity index is 610. The van der Waals surface area contributed by atoms with Crippen molar-refractivity contribution in [1.29, 1.82) is 0 Å². The summed E-state index contributed by atoms with van der Waals surface area (Å²) in [5.74, 6) is 1.05. The van der Waals surface area contributed by atoms with Crippen LogP contribution in [0, 0.1) is 0 Å². The Morgan fingerprint density at radius 2 is 2.05 bits per heavy atom. The third-order valence-corrected chi connectivity index (χ3v) is 2.42. The average Bonchev–Trinajstić information content (AvgIpc) is 2.44. The van der Waals surface area contributed by atoms with E-state index in [1.54, 1.807) is 0 Å². The summed E-state index contributed by atoms with van der Waals surface area (Å²) < 4.78 is 10.5. The maximum absolute atomic E-state index is 11.4. The molecule has 0 saturated carbocycles. The molecule has 0 fully saturated rings. The van der Waals surface area contributed by atoms with E-state index in [9.17, 15) is 4.79 Å². The van der Waals surface area contributed by atoms with Crippen LogP contribution in [0.3, 0.4) is 0 Å². The topological polar surface area (TPSA) is 77.1 Å². The molecule has 0 aliphatic heterocycles. The molecule has 0 saturated heterocycles. The minimum absolute atomic E-state index is 0.0315. The van der Waals surface area contributed by atoms with Gasteiger partial charge in [-0.05, 0) is 18.6 Å². The highest BCUT2D eigenvalue weighted by Crippen LogP contribution is 2.27. The molecule has 0 aliphatic carbocycles. The van der Waals surface area contributed by atoms with Crippen molar-refractivity contribution in [1.82, 2.24) is 15.0 Å². The number of hydrogen-bond acceptors (Lipinski definition) is 5. The molecule has 1 heterocycles. The lowest BCUT2D eigenvalue weighted by atomic mass is 10.2. The van der Waals surface area contributed by atoms with Crippen LogP contribution in [0.1, 0.15) is 13.3 Å².